The van der Waals surface area contributed by atoms with Gasteiger partial charge in [0.15, 0.2) is 0 Å². The first kappa shape index (κ1) is 25.6. The number of ether oxygens (including phenoxy) is 1. The Labute approximate surface area is 259 Å². The van der Waals surface area contributed by atoms with Gasteiger partial charge in [0.05, 0.1) is 7.11 Å². The van der Waals surface area contributed by atoms with Crippen LogP contribution in [0.3, 0.4) is 0 Å². The fourth-order valence-corrected chi connectivity index (χ4v) is 8.74. The maximum absolute atomic E-state index is 5.88. The number of hydrogen-bond donors (Lipinski definition) is 0. The number of benzene rings is 3. The SMILES string of the molecule is COC1=CC2C(c3ccccc3-c3ccccc3)=c3ccccc3=C(C3=C4C=CC5=CC=CC6C=CC(C=C3)C4C56)C2C=C1. The Hall–Kier alpha value is -4.88. The average molecular weight is 567 g/mol. The third-order valence-electron chi connectivity index (χ3n) is 10.6. The van der Waals surface area contributed by atoms with Crippen molar-refractivity contribution in [1.29, 1.82) is 0 Å². The zero-order valence-electron chi connectivity index (χ0n) is 24.8. The number of rotatable bonds is 4. The van der Waals surface area contributed by atoms with Crippen LogP contribution in [0.15, 0.2) is 174 Å². The topological polar surface area (TPSA) is 9.23 Å². The van der Waals surface area contributed by atoms with Gasteiger partial charge in [0.1, 0.15) is 5.76 Å². The molecule has 9 rings (SSSR count). The summed E-state index contributed by atoms with van der Waals surface area (Å²) >= 11 is 0. The van der Waals surface area contributed by atoms with Gasteiger partial charge in [0.25, 0.3) is 0 Å². The lowest BCUT2D eigenvalue weighted by Gasteiger charge is -2.46. The minimum absolute atomic E-state index is 0.142. The smallest absolute Gasteiger partial charge is 0.115 e. The number of methoxy groups -OCH3 is 1. The van der Waals surface area contributed by atoms with Gasteiger partial charge in [0.2, 0.25) is 0 Å². The summed E-state index contributed by atoms with van der Waals surface area (Å²) in [6.07, 6.45) is 28.5. The molecule has 1 heteroatoms. The predicted octanol–water partition coefficient (Wildman–Crippen LogP) is 8.02. The molecule has 0 aliphatic heterocycles. The van der Waals surface area contributed by atoms with Gasteiger partial charge in [-0.1, -0.05) is 140 Å². The Balaban J connectivity index is 1.36. The molecule has 0 spiro atoms. The first-order valence-corrected chi connectivity index (χ1v) is 15.9. The summed E-state index contributed by atoms with van der Waals surface area (Å²) in [7, 11) is 1.79. The molecule has 0 amide bonds. The van der Waals surface area contributed by atoms with Crippen LogP contribution in [0.25, 0.3) is 22.3 Å². The van der Waals surface area contributed by atoms with Crippen molar-refractivity contribution in [2.75, 3.05) is 7.11 Å². The summed E-state index contributed by atoms with van der Waals surface area (Å²) in [5, 5.41) is 2.66. The average Bonchev–Trinajstić information content (AvgIpc) is 3.10. The van der Waals surface area contributed by atoms with Crippen molar-refractivity contribution in [2.24, 2.45) is 35.5 Å². The molecular formula is C43H34O. The van der Waals surface area contributed by atoms with Crippen LogP contribution in [-0.2, 0) is 4.74 Å². The van der Waals surface area contributed by atoms with E-state index in [1.54, 1.807) is 7.11 Å². The summed E-state index contributed by atoms with van der Waals surface area (Å²) in [6, 6.07) is 28.8. The largest absolute Gasteiger partial charge is 0.497 e. The van der Waals surface area contributed by atoms with Crippen molar-refractivity contribution in [3.05, 3.63) is 190 Å². The number of fused-ring (bicyclic) bond motifs is 2. The molecule has 1 nitrogen and oxygen atoms in total. The fourth-order valence-electron chi connectivity index (χ4n) is 8.74. The third-order valence-corrected chi connectivity index (χ3v) is 10.6. The zero-order chi connectivity index (χ0) is 29.2. The molecule has 0 fully saturated rings. The summed E-state index contributed by atoms with van der Waals surface area (Å²) in [6.45, 7) is 0. The Bertz CT molecular complexity index is 2070. The van der Waals surface area contributed by atoms with Crippen LogP contribution in [0.2, 0.25) is 0 Å². The highest BCUT2D eigenvalue weighted by Crippen LogP contribution is 2.53. The van der Waals surface area contributed by atoms with Crippen molar-refractivity contribution in [1.82, 2.24) is 0 Å². The van der Waals surface area contributed by atoms with Gasteiger partial charge >= 0.3 is 0 Å². The van der Waals surface area contributed by atoms with Gasteiger partial charge in [-0.25, -0.2) is 0 Å². The maximum Gasteiger partial charge on any atom is 0.115 e. The molecule has 6 atom stereocenters. The van der Waals surface area contributed by atoms with Gasteiger partial charge in [-0.3, -0.25) is 0 Å². The molecule has 6 aliphatic carbocycles. The van der Waals surface area contributed by atoms with Crippen molar-refractivity contribution in [3.63, 3.8) is 0 Å². The van der Waals surface area contributed by atoms with Gasteiger partial charge < -0.3 is 4.74 Å². The number of hydrogen-bond acceptors (Lipinski definition) is 1. The van der Waals surface area contributed by atoms with E-state index in [4.69, 9.17) is 4.74 Å². The minimum Gasteiger partial charge on any atom is -0.497 e. The van der Waals surface area contributed by atoms with Crippen LogP contribution >= 0.6 is 0 Å². The highest BCUT2D eigenvalue weighted by atomic mass is 16.5. The van der Waals surface area contributed by atoms with E-state index in [9.17, 15) is 0 Å². The number of allylic oxidation sites excluding steroid dienone is 15. The lowest BCUT2D eigenvalue weighted by Crippen LogP contribution is -2.42. The first-order valence-electron chi connectivity index (χ1n) is 15.9. The molecule has 0 N–H and O–H groups in total. The van der Waals surface area contributed by atoms with Crippen LogP contribution < -0.4 is 10.4 Å². The second-order valence-corrected chi connectivity index (χ2v) is 12.7. The maximum atomic E-state index is 5.88. The summed E-state index contributed by atoms with van der Waals surface area (Å²) in [5.41, 5.74) is 11.0. The molecule has 0 heterocycles. The van der Waals surface area contributed by atoms with Crippen LogP contribution in [0.4, 0.5) is 0 Å². The van der Waals surface area contributed by atoms with Crippen molar-refractivity contribution >= 4 is 11.1 Å². The molecule has 212 valence electrons. The molecule has 0 radical (unpaired) electrons. The van der Waals surface area contributed by atoms with Gasteiger partial charge in [-0.15, -0.1) is 0 Å². The van der Waals surface area contributed by atoms with E-state index in [-0.39, 0.29) is 11.8 Å². The van der Waals surface area contributed by atoms with E-state index in [2.05, 4.69) is 152 Å². The molecule has 6 unspecified atom stereocenters. The van der Waals surface area contributed by atoms with Crippen LogP contribution in [0.1, 0.15) is 5.56 Å². The van der Waals surface area contributed by atoms with Crippen molar-refractivity contribution in [2.45, 2.75) is 0 Å². The van der Waals surface area contributed by atoms with E-state index in [0.717, 1.165) is 5.76 Å². The highest BCUT2D eigenvalue weighted by molar-refractivity contribution is 5.88. The Kier molecular flexibility index (Phi) is 5.88. The summed E-state index contributed by atoms with van der Waals surface area (Å²) < 4.78 is 5.88. The summed E-state index contributed by atoms with van der Waals surface area (Å²) in [5.74, 6) is 3.14. The lowest BCUT2D eigenvalue weighted by atomic mass is 9.58. The van der Waals surface area contributed by atoms with E-state index in [1.165, 1.54) is 55.0 Å². The van der Waals surface area contributed by atoms with Crippen molar-refractivity contribution in [3.8, 4) is 11.1 Å². The third kappa shape index (κ3) is 3.78. The molecule has 3 aromatic rings. The van der Waals surface area contributed by atoms with Gasteiger partial charge in [0, 0.05) is 35.5 Å². The zero-order valence-corrected chi connectivity index (χ0v) is 24.8. The van der Waals surface area contributed by atoms with Gasteiger partial charge in [-0.2, -0.15) is 0 Å². The molecule has 0 saturated heterocycles. The summed E-state index contributed by atoms with van der Waals surface area (Å²) in [4.78, 5) is 0. The monoisotopic (exact) mass is 566 g/mol. The molecular weight excluding hydrogens is 532 g/mol. The molecule has 44 heavy (non-hydrogen) atoms. The second kappa shape index (κ2) is 10.1. The second-order valence-electron chi connectivity index (χ2n) is 12.7. The Morgan fingerprint density at radius 3 is 2.11 bits per heavy atom. The standard InChI is InChI=1S/C43H34O/c1-44-31-22-25-38-39(26-31)43(33-15-6-5-14-32(33)27-10-3-2-4-11-27)35-17-8-7-16-34(35)42(38)37-24-21-30-19-18-28-12-9-13-29-20-23-36(37)41(30)40(28)29/h2-26,28,30,38-41H,1H3. The van der Waals surface area contributed by atoms with Crippen LogP contribution in [0.5, 0.6) is 0 Å². The predicted molar refractivity (Wildman–Crippen MR) is 180 cm³/mol. The quantitative estimate of drug-likeness (QED) is 0.291. The van der Waals surface area contributed by atoms with E-state index < -0.39 is 0 Å². The van der Waals surface area contributed by atoms with Crippen molar-refractivity contribution < 1.29 is 4.74 Å². The lowest BCUT2D eigenvalue weighted by molar-refractivity contribution is 0.300. The van der Waals surface area contributed by atoms with E-state index in [1.807, 2.05) is 0 Å². The first-order chi connectivity index (χ1) is 21.8. The Morgan fingerprint density at radius 2 is 1.30 bits per heavy atom. The van der Waals surface area contributed by atoms with E-state index in [0.29, 0.717) is 23.7 Å². The molecule has 0 aromatic heterocycles. The molecule has 0 saturated carbocycles. The van der Waals surface area contributed by atoms with E-state index >= 15 is 0 Å². The fraction of sp³-hybridized carbons (Fsp3) is 0.163. The van der Waals surface area contributed by atoms with Crippen LogP contribution in [0, 0.1) is 35.5 Å². The Morgan fingerprint density at radius 1 is 0.568 bits per heavy atom. The highest BCUT2D eigenvalue weighted by Gasteiger charge is 2.44. The minimum atomic E-state index is 0.142. The normalized spacial score (nSPS) is 28.7. The van der Waals surface area contributed by atoms with Gasteiger partial charge in [-0.05, 0) is 67.1 Å². The van der Waals surface area contributed by atoms with Crippen LogP contribution in [-0.4, -0.2) is 7.11 Å². The molecule has 0 bridgehead atoms. The molecule has 3 aromatic carbocycles. The molecule has 6 aliphatic rings.